The summed E-state index contributed by atoms with van der Waals surface area (Å²) in [6.07, 6.45) is 2.29. The zero-order chi connectivity index (χ0) is 17.5. The van der Waals surface area contributed by atoms with E-state index in [4.69, 9.17) is 4.43 Å². The second-order valence-corrected chi connectivity index (χ2v) is 10.9. The molecule has 1 aromatic rings. The molecule has 1 saturated carbocycles. The highest BCUT2D eigenvalue weighted by Crippen LogP contribution is 2.32. The summed E-state index contributed by atoms with van der Waals surface area (Å²) >= 11 is 0. The van der Waals surface area contributed by atoms with Gasteiger partial charge in [-0.25, -0.2) is 22.0 Å². The second-order valence-electron chi connectivity index (χ2n) is 7.11. The third kappa shape index (κ3) is 3.60. The largest absolute Gasteiger partial charge is 0.410 e. The lowest BCUT2D eigenvalue weighted by molar-refractivity contribution is 0.0963. The molecule has 1 aliphatic carbocycles. The molecular formula is C16H21F5OSi. The van der Waals surface area contributed by atoms with E-state index in [1.165, 1.54) is 13.1 Å². The van der Waals surface area contributed by atoms with Crippen LogP contribution in [0.1, 0.15) is 33.1 Å². The van der Waals surface area contributed by atoms with Crippen LogP contribution in [0.4, 0.5) is 22.0 Å². The van der Waals surface area contributed by atoms with Crippen LogP contribution in [0.5, 0.6) is 0 Å². The van der Waals surface area contributed by atoms with Crippen LogP contribution in [0.2, 0.25) is 13.1 Å². The van der Waals surface area contributed by atoms with Crippen LogP contribution in [0.25, 0.3) is 0 Å². The predicted octanol–water partition coefficient (Wildman–Crippen LogP) is 4.64. The normalized spacial score (nSPS) is 25.7. The van der Waals surface area contributed by atoms with Gasteiger partial charge in [0.25, 0.3) is 0 Å². The molecule has 0 N–H and O–H groups in total. The van der Waals surface area contributed by atoms with Crippen molar-refractivity contribution in [3.8, 4) is 0 Å². The molecule has 0 heterocycles. The van der Waals surface area contributed by atoms with Gasteiger partial charge in [0.15, 0.2) is 23.3 Å². The topological polar surface area (TPSA) is 9.23 Å². The smallest absolute Gasteiger partial charge is 0.225 e. The molecule has 2 unspecified atom stereocenters. The zero-order valence-corrected chi connectivity index (χ0v) is 14.7. The fraction of sp³-hybridized carbons (Fsp3) is 0.625. The van der Waals surface area contributed by atoms with Gasteiger partial charge in [0, 0.05) is 11.3 Å². The Hall–Kier alpha value is -0.953. The minimum atomic E-state index is -3.30. The number of benzene rings is 1. The molecule has 1 aromatic carbocycles. The molecule has 1 aliphatic rings. The van der Waals surface area contributed by atoms with Gasteiger partial charge < -0.3 is 4.43 Å². The van der Waals surface area contributed by atoms with E-state index in [9.17, 15) is 22.0 Å². The van der Waals surface area contributed by atoms with Crippen LogP contribution in [0, 0.1) is 40.9 Å². The SMILES string of the molecule is CC1CC(C)CC(O[Si](C)(C)c2c(F)c(F)c(F)c(F)c2F)C1. The summed E-state index contributed by atoms with van der Waals surface area (Å²) in [5.74, 6) is -8.67. The van der Waals surface area contributed by atoms with E-state index >= 15 is 0 Å². The molecular weight excluding hydrogens is 331 g/mol. The van der Waals surface area contributed by atoms with Crippen molar-refractivity contribution in [1.29, 1.82) is 0 Å². The summed E-state index contributed by atoms with van der Waals surface area (Å²) in [5.41, 5.74) is 0. The number of hydrogen-bond acceptors (Lipinski definition) is 1. The fourth-order valence-electron chi connectivity index (χ4n) is 3.58. The maximum Gasteiger partial charge on any atom is 0.225 e. The third-order valence-electron chi connectivity index (χ3n) is 4.41. The van der Waals surface area contributed by atoms with Gasteiger partial charge >= 0.3 is 0 Å². The summed E-state index contributed by atoms with van der Waals surface area (Å²) in [6, 6.07) is 0. The molecule has 0 saturated heterocycles. The van der Waals surface area contributed by atoms with Crippen molar-refractivity contribution in [2.75, 3.05) is 0 Å². The van der Waals surface area contributed by atoms with Crippen LogP contribution >= 0.6 is 0 Å². The summed E-state index contributed by atoms with van der Waals surface area (Å²) in [7, 11) is -3.30. The first-order chi connectivity index (χ1) is 10.5. The van der Waals surface area contributed by atoms with Gasteiger partial charge in [-0.1, -0.05) is 13.8 Å². The maximum atomic E-state index is 14.0. The van der Waals surface area contributed by atoms with Crippen LogP contribution in [0.15, 0.2) is 0 Å². The van der Waals surface area contributed by atoms with E-state index < -0.39 is 42.6 Å². The number of halogens is 5. The van der Waals surface area contributed by atoms with Crippen molar-refractivity contribution < 1.29 is 26.4 Å². The van der Waals surface area contributed by atoms with E-state index in [0.29, 0.717) is 11.8 Å². The second kappa shape index (κ2) is 6.51. The molecule has 0 radical (unpaired) electrons. The minimum absolute atomic E-state index is 0.217. The van der Waals surface area contributed by atoms with E-state index in [1.807, 2.05) is 0 Å². The Morgan fingerprint density at radius 1 is 0.739 bits per heavy atom. The summed E-state index contributed by atoms with van der Waals surface area (Å²) in [4.78, 5) is 0. The quantitative estimate of drug-likeness (QED) is 0.333. The van der Waals surface area contributed by atoms with Crippen LogP contribution in [-0.2, 0) is 4.43 Å². The van der Waals surface area contributed by atoms with Crippen LogP contribution in [0.3, 0.4) is 0 Å². The van der Waals surface area contributed by atoms with Crippen LogP contribution in [-0.4, -0.2) is 14.4 Å². The van der Waals surface area contributed by atoms with Gasteiger partial charge in [-0.15, -0.1) is 0 Å². The highest BCUT2D eigenvalue weighted by molar-refractivity contribution is 6.84. The van der Waals surface area contributed by atoms with Gasteiger partial charge in [0.2, 0.25) is 14.1 Å². The monoisotopic (exact) mass is 352 g/mol. The molecule has 0 spiro atoms. The van der Waals surface area contributed by atoms with Gasteiger partial charge in [-0.05, 0) is 44.2 Å². The Morgan fingerprint density at radius 3 is 1.57 bits per heavy atom. The molecule has 0 aromatic heterocycles. The van der Waals surface area contributed by atoms with Gasteiger partial charge in [0.1, 0.15) is 0 Å². The molecule has 0 bridgehead atoms. The van der Waals surface area contributed by atoms with Crippen molar-refractivity contribution >= 4 is 13.5 Å². The first-order valence-electron chi connectivity index (χ1n) is 7.74. The first-order valence-corrected chi connectivity index (χ1v) is 10.6. The zero-order valence-electron chi connectivity index (χ0n) is 13.7. The summed E-state index contributed by atoms with van der Waals surface area (Å²) in [6.45, 7) is 7.07. The first kappa shape index (κ1) is 18.4. The third-order valence-corrected chi connectivity index (χ3v) is 6.97. The molecule has 2 rings (SSSR count). The van der Waals surface area contributed by atoms with E-state index in [1.54, 1.807) is 0 Å². The molecule has 0 amide bonds. The highest BCUT2D eigenvalue weighted by atomic mass is 28.4. The molecule has 1 fully saturated rings. The van der Waals surface area contributed by atoms with E-state index in [-0.39, 0.29) is 6.10 Å². The Balaban J connectivity index is 2.36. The average molecular weight is 352 g/mol. The predicted molar refractivity (Wildman–Crippen MR) is 80.4 cm³/mol. The molecule has 130 valence electrons. The lowest BCUT2D eigenvalue weighted by atomic mass is 9.82. The maximum absolute atomic E-state index is 14.0. The van der Waals surface area contributed by atoms with Crippen molar-refractivity contribution in [2.45, 2.75) is 52.3 Å². The fourth-order valence-corrected chi connectivity index (χ4v) is 6.00. The van der Waals surface area contributed by atoms with E-state index in [2.05, 4.69) is 13.8 Å². The summed E-state index contributed by atoms with van der Waals surface area (Å²) in [5, 5.41) is -0.778. The number of rotatable bonds is 3. The highest BCUT2D eigenvalue weighted by Gasteiger charge is 2.40. The van der Waals surface area contributed by atoms with Crippen molar-refractivity contribution in [3.63, 3.8) is 0 Å². The van der Waals surface area contributed by atoms with Gasteiger partial charge in [-0.2, -0.15) is 0 Å². The molecule has 2 atom stereocenters. The van der Waals surface area contributed by atoms with Gasteiger partial charge in [-0.3, -0.25) is 0 Å². The molecule has 7 heteroatoms. The standard InChI is InChI=1S/C16H21F5OSi/c1-8-5-9(2)7-10(6-8)22-23(3,4)16-14(20)12(18)11(17)13(19)15(16)21/h8-10H,5-7H2,1-4H3. The molecule has 0 aliphatic heterocycles. The van der Waals surface area contributed by atoms with E-state index in [0.717, 1.165) is 19.3 Å². The van der Waals surface area contributed by atoms with Crippen molar-refractivity contribution in [3.05, 3.63) is 29.1 Å². The Labute approximate surface area is 134 Å². The Morgan fingerprint density at radius 2 is 1.13 bits per heavy atom. The van der Waals surface area contributed by atoms with Gasteiger partial charge in [0.05, 0.1) is 0 Å². The average Bonchev–Trinajstić information content (AvgIpc) is 2.41. The Bertz CT molecular complexity index is 566. The summed E-state index contributed by atoms with van der Waals surface area (Å²) < 4.78 is 74.1. The van der Waals surface area contributed by atoms with Crippen LogP contribution < -0.4 is 5.19 Å². The molecule has 23 heavy (non-hydrogen) atoms. The Kier molecular flexibility index (Phi) is 5.20. The lowest BCUT2D eigenvalue weighted by Crippen LogP contribution is -2.52. The lowest BCUT2D eigenvalue weighted by Gasteiger charge is -2.37. The minimum Gasteiger partial charge on any atom is -0.410 e. The van der Waals surface area contributed by atoms with Crippen molar-refractivity contribution in [2.24, 2.45) is 11.8 Å². The van der Waals surface area contributed by atoms with Crippen molar-refractivity contribution in [1.82, 2.24) is 0 Å². The molecule has 1 nitrogen and oxygen atoms in total. The number of hydrogen-bond donors (Lipinski definition) is 0.